The van der Waals surface area contributed by atoms with Crippen LogP contribution in [0, 0.1) is 0 Å². The molecular formula is C15H21NOS. The molecule has 2 rings (SSSR count). The highest BCUT2D eigenvalue weighted by Gasteiger charge is 2.17. The van der Waals surface area contributed by atoms with Gasteiger partial charge in [0.2, 0.25) is 0 Å². The van der Waals surface area contributed by atoms with Crippen LogP contribution in [0.3, 0.4) is 0 Å². The minimum atomic E-state index is 0.164. The lowest BCUT2D eigenvalue weighted by molar-refractivity contribution is 0.101. The molecule has 98 valence electrons. The Labute approximate surface area is 114 Å². The predicted molar refractivity (Wildman–Crippen MR) is 80.0 cm³/mol. The average molecular weight is 263 g/mol. The van der Waals surface area contributed by atoms with Crippen LogP contribution in [0.1, 0.15) is 35.7 Å². The van der Waals surface area contributed by atoms with Crippen molar-refractivity contribution in [3.8, 4) is 0 Å². The minimum absolute atomic E-state index is 0.164. The Kier molecular flexibility index (Phi) is 4.70. The van der Waals surface area contributed by atoms with Crippen molar-refractivity contribution in [3.63, 3.8) is 0 Å². The molecule has 0 saturated carbocycles. The second kappa shape index (κ2) is 6.28. The minimum Gasteiger partial charge on any atom is -0.371 e. The van der Waals surface area contributed by atoms with Gasteiger partial charge in [0.05, 0.1) is 0 Å². The van der Waals surface area contributed by atoms with Crippen LogP contribution in [-0.2, 0) is 6.42 Å². The van der Waals surface area contributed by atoms with Gasteiger partial charge < -0.3 is 4.90 Å². The molecule has 0 unspecified atom stereocenters. The Hall–Kier alpha value is -0.960. The van der Waals surface area contributed by atoms with Crippen molar-refractivity contribution >= 4 is 23.2 Å². The number of benzene rings is 1. The molecule has 1 aromatic carbocycles. The van der Waals surface area contributed by atoms with Gasteiger partial charge in [-0.15, -0.1) is 0 Å². The first-order chi connectivity index (χ1) is 8.72. The third kappa shape index (κ3) is 3.08. The molecule has 0 saturated heterocycles. The van der Waals surface area contributed by atoms with Gasteiger partial charge in [0.1, 0.15) is 0 Å². The van der Waals surface area contributed by atoms with Crippen molar-refractivity contribution in [1.29, 1.82) is 0 Å². The molecule has 0 radical (unpaired) electrons. The molecule has 18 heavy (non-hydrogen) atoms. The maximum absolute atomic E-state index is 11.4. The second-order valence-corrected chi connectivity index (χ2v) is 5.82. The summed E-state index contributed by atoms with van der Waals surface area (Å²) in [6.45, 7) is 3.93. The van der Waals surface area contributed by atoms with Gasteiger partial charge >= 0.3 is 0 Å². The number of aryl methyl sites for hydroxylation is 1. The van der Waals surface area contributed by atoms with Crippen LogP contribution in [0.4, 0.5) is 5.69 Å². The third-order valence-corrected chi connectivity index (χ3v) is 4.17. The molecule has 1 aromatic rings. The number of ketones is 1. The molecule has 0 aliphatic carbocycles. The number of Topliss-reactive ketones (excluding diaryl/α,β-unsaturated/α-hetero) is 1. The molecule has 1 aliphatic heterocycles. The number of carbonyl (C=O) groups excluding carboxylic acids is 1. The van der Waals surface area contributed by atoms with E-state index in [1.165, 1.54) is 29.8 Å². The SMILES string of the molecule is CSCCCN1CCCc2cc(C(C)=O)ccc21. The zero-order valence-corrected chi connectivity index (χ0v) is 12.1. The summed E-state index contributed by atoms with van der Waals surface area (Å²) in [6.07, 6.45) is 5.70. The standard InChI is InChI=1S/C15H21NOS/c1-12(17)13-6-7-15-14(11-13)5-3-8-16(15)9-4-10-18-2/h6-7,11H,3-5,8-10H2,1-2H3. The Balaban J connectivity index is 2.14. The van der Waals surface area contributed by atoms with Gasteiger partial charge in [-0.25, -0.2) is 0 Å². The van der Waals surface area contributed by atoms with Crippen LogP contribution in [0.2, 0.25) is 0 Å². The quantitative estimate of drug-likeness (QED) is 0.600. The molecule has 0 aromatic heterocycles. The second-order valence-electron chi connectivity index (χ2n) is 4.84. The molecular weight excluding hydrogens is 242 g/mol. The number of hydrogen-bond donors (Lipinski definition) is 0. The maximum atomic E-state index is 11.4. The summed E-state index contributed by atoms with van der Waals surface area (Å²) >= 11 is 1.91. The summed E-state index contributed by atoms with van der Waals surface area (Å²) in [6, 6.07) is 6.18. The van der Waals surface area contributed by atoms with E-state index in [-0.39, 0.29) is 5.78 Å². The number of hydrogen-bond acceptors (Lipinski definition) is 3. The van der Waals surface area contributed by atoms with E-state index in [0.717, 1.165) is 25.1 Å². The highest BCUT2D eigenvalue weighted by Crippen LogP contribution is 2.28. The number of fused-ring (bicyclic) bond motifs is 1. The molecule has 1 aliphatic rings. The molecule has 0 bridgehead atoms. The first kappa shape index (κ1) is 13.5. The Bertz CT molecular complexity index is 431. The van der Waals surface area contributed by atoms with Crippen molar-refractivity contribution in [2.45, 2.75) is 26.2 Å². The van der Waals surface area contributed by atoms with E-state index in [0.29, 0.717) is 0 Å². The molecule has 0 spiro atoms. The number of rotatable bonds is 5. The van der Waals surface area contributed by atoms with E-state index in [1.807, 2.05) is 17.8 Å². The van der Waals surface area contributed by atoms with Crippen LogP contribution in [0.15, 0.2) is 18.2 Å². The van der Waals surface area contributed by atoms with Crippen molar-refractivity contribution < 1.29 is 4.79 Å². The summed E-state index contributed by atoms with van der Waals surface area (Å²) in [5.74, 6) is 1.38. The van der Waals surface area contributed by atoms with E-state index in [2.05, 4.69) is 23.3 Å². The summed E-state index contributed by atoms with van der Waals surface area (Å²) in [4.78, 5) is 13.9. The fraction of sp³-hybridized carbons (Fsp3) is 0.533. The highest BCUT2D eigenvalue weighted by atomic mass is 32.2. The number of nitrogens with zero attached hydrogens (tertiary/aromatic N) is 1. The fourth-order valence-electron chi connectivity index (χ4n) is 2.53. The summed E-state index contributed by atoms with van der Waals surface area (Å²) < 4.78 is 0. The molecule has 0 amide bonds. The Morgan fingerprint density at radius 2 is 2.28 bits per heavy atom. The van der Waals surface area contributed by atoms with E-state index >= 15 is 0 Å². The van der Waals surface area contributed by atoms with Crippen LogP contribution in [0.5, 0.6) is 0 Å². The fourth-order valence-corrected chi connectivity index (χ4v) is 2.94. The van der Waals surface area contributed by atoms with Gasteiger partial charge in [0.15, 0.2) is 5.78 Å². The lowest BCUT2D eigenvalue weighted by Crippen LogP contribution is -2.30. The molecule has 3 heteroatoms. The number of thioether (sulfide) groups is 1. The normalized spacial score (nSPS) is 14.4. The van der Waals surface area contributed by atoms with Gasteiger partial charge in [0.25, 0.3) is 0 Å². The van der Waals surface area contributed by atoms with E-state index in [1.54, 1.807) is 6.92 Å². The van der Waals surface area contributed by atoms with Crippen molar-refractivity contribution in [1.82, 2.24) is 0 Å². The van der Waals surface area contributed by atoms with E-state index in [9.17, 15) is 4.79 Å². The van der Waals surface area contributed by atoms with Crippen LogP contribution in [0.25, 0.3) is 0 Å². The Morgan fingerprint density at radius 1 is 1.44 bits per heavy atom. The molecule has 0 N–H and O–H groups in total. The molecule has 0 atom stereocenters. The lowest BCUT2D eigenvalue weighted by atomic mass is 9.98. The van der Waals surface area contributed by atoms with Crippen molar-refractivity contribution in [2.75, 3.05) is 30.0 Å². The zero-order valence-electron chi connectivity index (χ0n) is 11.2. The number of carbonyl (C=O) groups is 1. The van der Waals surface area contributed by atoms with Gasteiger partial charge in [0, 0.05) is 24.3 Å². The van der Waals surface area contributed by atoms with Crippen molar-refractivity contribution in [3.05, 3.63) is 29.3 Å². The molecule has 2 nitrogen and oxygen atoms in total. The van der Waals surface area contributed by atoms with Gasteiger partial charge in [-0.05, 0) is 62.0 Å². The Morgan fingerprint density at radius 3 is 3.00 bits per heavy atom. The number of anilines is 1. The van der Waals surface area contributed by atoms with Crippen LogP contribution < -0.4 is 4.90 Å². The largest absolute Gasteiger partial charge is 0.371 e. The molecule has 0 fully saturated rings. The topological polar surface area (TPSA) is 20.3 Å². The summed E-state index contributed by atoms with van der Waals surface area (Å²) in [5.41, 5.74) is 3.53. The van der Waals surface area contributed by atoms with Crippen LogP contribution in [-0.4, -0.2) is 30.9 Å². The maximum Gasteiger partial charge on any atom is 0.159 e. The van der Waals surface area contributed by atoms with E-state index < -0.39 is 0 Å². The highest BCUT2D eigenvalue weighted by molar-refractivity contribution is 7.98. The van der Waals surface area contributed by atoms with Crippen LogP contribution >= 0.6 is 11.8 Å². The van der Waals surface area contributed by atoms with Gasteiger partial charge in [-0.1, -0.05) is 0 Å². The predicted octanol–water partition coefficient (Wildman–Crippen LogP) is 3.39. The zero-order chi connectivity index (χ0) is 13.0. The lowest BCUT2D eigenvalue weighted by Gasteiger charge is -2.31. The first-order valence-electron chi connectivity index (χ1n) is 6.60. The average Bonchev–Trinajstić information content (AvgIpc) is 2.38. The van der Waals surface area contributed by atoms with Crippen molar-refractivity contribution in [2.24, 2.45) is 0 Å². The third-order valence-electron chi connectivity index (χ3n) is 3.48. The summed E-state index contributed by atoms with van der Waals surface area (Å²) in [5, 5.41) is 0. The first-order valence-corrected chi connectivity index (χ1v) is 7.99. The van der Waals surface area contributed by atoms with E-state index in [4.69, 9.17) is 0 Å². The van der Waals surface area contributed by atoms with Gasteiger partial charge in [-0.2, -0.15) is 11.8 Å². The summed E-state index contributed by atoms with van der Waals surface area (Å²) in [7, 11) is 0. The van der Waals surface area contributed by atoms with Gasteiger partial charge in [-0.3, -0.25) is 4.79 Å². The monoisotopic (exact) mass is 263 g/mol. The smallest absolute Gasteiger partial charge is 0.159 e. The molecule has 1 heterocycles.